The third kappa shape index (κ3) is 4.48. The number of hydrogen-bond acceptors (Lipinski definition) is 4. The Balaban J connectivity index is 1.64. The second-order valence-corrected chi connectivity index (χ2v) is 8.23. The quantitative estimate of drug-likeness (QED) is 0.763. The van der Waals surface area contributed by atoms with Gasteiger partial charge in [0.05, 0.1) is 17.8 Å². The lowest BCUT2D eigenvalue weighted by Gasteiger charge is -2.34. The minimum atomic E-state index is 0.0152. The molecule has 3 rings (SSSR count). The number of amides is 3. The van der Waals surface area contributed by atoms with Gasteiger partial charge in [-0.15, -0.1) is 0 Å². The second-order valence-electron chi connectivity index (χ2n) is 8.23. The van der Waals surface area contributed by atoms with Gasteiger partial charge in [0.1, 0.15) is 0 Å². The van der Waals surface area contributed by atoms with E-state index in [0.29, 0.717) is 18.7 Å². The molecule has 0 aromatic carbocycles. The Morgan fingerprint density at radius 1 is 1.18 bits per heavy atom. The van der Waals surface area contributed by atoms with Crippen LogP contribution in [0.25, 0.3) is 0 Å². The van der Waals surface area contributed by atoms with E-state index in [0.717, 1.165) is 38.3 Å². The minimum Gasteiger partial charge on any atom is -0.336 e. The molecule has 28 heavy (non-hydrogen) atoms. The molecular formula is C20H34N6O2. The van der Waals surface area contributed by atoms with Gasteiger partial charge in [-0.2, -0.15) is 5.10 Å². The lowest BCUT2D eigenvalue weighted by Crippen LogP contribution is -2.50. The van der Waals surface area contributed by atoms with E-state index < -0.39 is 0 Å². The number of nitrogens with zero attached hydrogens (tertiary/aromatic N) is 6. The largest absolute Gasteiger partial charge is 0.336 e. The molecular weight excluding hydrogens is 356 g/mol. The Labute approximate surface area is 168 Å². The summed E-state index contributed by atoms with van der Waals surface area (Å²) < 4.78 is 1.72. The van der Waals surface area contributed by atoms with E-state index in [4.69, 9.17) is 0 Å². The summed E-state index contributed by atoms with van der Waals surface area (Å²) in [5, 5.41) is 4.19. The summed E-state index contributed by atoms with van der Waals surface area (Å²) in [6.07, 6.45) is 6.27. The molecule has 3 amide bonds. The van der Waals surface area contributed by atoms with Crippen LogP contribution in [0.1, 0.15) is 41.7 Å². The molecule has 2 aliphatic rings. The van der Waals surface area contributed by atoms with E-state index in [-0.39, 0.29) is 18.0 Å². The monoisotopic (exact) mass is 390 g/mol. The van der Waals surface area contributed by atoms with Crippen LogP contribution in [-0.2, 0) is 7.05 Å². The highest BCUT2D eigenvalue weighted by molar-refractivity contribution is 5.95. The van der Waals surface area contributed by atoms with Crippen LogP contribution < -0.4 is 0 Å². The molecule has 2 fully saturated rings. The lowest BCUT2D eigenvalue weighted by atomic mass is 10.1. The van der Waals surface area contributed by atoms with Crippen molar-refractivity contribution < 1.29 is 9.59 Å². The van der Waals surface area contributed by atoms with Gasteiger partial charge >= 0.3 is 6.03 Å². The molecule has 1 aromatic rings. The average Bonchev–Trinajstić information content (AvgIpc) is 3.30. The maximum absolute atomic E-state index is 12.9. The van der Waals surface area contributed by atoms with Gasteiger partial charge in [0.2, 0.25) is 0 Å². The predicted molar refractivity (Wildman–Crippen MR) is 108 cm³/mol. The SMILES string of the molecule is Cc1c(C(=O)N2CCC(N(CCN3CCCCC3)C(=O)N(C)C)C2)cnn1C. The molecule has 1 aromatic heterocycles. The number of aromatic nitrogens is 2. The van der Waals surface area contributed by atoms with E-state index in [9.17, 15) is 9.59 Å². The average molecular weight is 391 g/mol. The van der Waals surface area contributed by atoms with Crippen molar-refractivity contribution in [3.63, 3.8) is 0 Å². The number of hydrogen-bond donors (Lipinski definition) is 0. The molecule has 0 spiro atoms. The van der Waals surface area contributed by atoms with E-state index in [2.05, 4.69) is 10.00 Å². The fraction of sp³-hybridized carbons (Fsp3) is 0.750. The molecule has 0 N–H and O–H groups in total. The van der Waals surface area contributed by atoms with Gasteiger partial charge < -0.3 is 19.6 Å². The van der Waals surface area contributed by atoms with E-state index >= 15 is 0 Å². The fourth-order valence-electron chi connectivity index (χ4n) is 4.18. The number of urea groups is 1. The Morgan fingerprint density at radius 2 is 1.89 bits per heavy atom. The number of aryl methyl sites for hydroxylation is 1. The Kier molecular flexibility index (Phi) is 6.59. The molecule has 0 saturated carbocycles. The minimum absolute atomic E-state index is 0.0152. The lowest BCUT2D eigenvalue weighted by molar-refractivity contribution is 0.0772. The van der Waals surface area contributed by atoms with Crippen LogP contribution in [-0.4, -0.2) is 101 Å². The zero-order valence-corrected chi connectivity index (χ0v) is 17.7. The van der Waals surface area contributed by atoms with Crippen molar-refractivity contribution in [3.8, 4) is 0 Å². The topological polar surface area (TPSA) is 64.9 Å². The van der Waals surface area contributed by atoms with Gasteiger partial charge in [-0.1, -0.05) is 6.42 Å². The van der Waals surface area contributed by atoms with Gasteiger partial charge in [0.15, 0.2) is 0 Å². The van der Waals surface area contributed by atoms with Crippen molar-refractivity contribution >= 4 is 11.9 Å². The summed E-state index contributed by atoms with van der Waals surface area (Å²) in [5.74, 6) is 0.0152. The van der Waals surface area contributed by atoms with Crippen LogP contribution in [0.15, 0.2) is 6.20 Å². The number of carbonyl (C=O) groups is 2. The highest BCUT2D eigenvalue weighted by atomic mass is 16.2. The van der Waals surface area contributed by atoms with Gasteiger partial charge in [-0.05, 0) is 39.3 Å². The Bertz CT molecular complexity index is 695. The molecule has 0 aliphatic carbocycles. The zero-order valence-electron chi connectivity index (χ0n) is 17.7. The molecule has 2 aliphatic heterocycles. The zero-order chi connectivity index (χ0) is 20.3. The van der Waals surface area contributed by atoms with Crippen molar-refractivity contribution in [1.29, 1.82) is 0 Å². The molecule has 2 saturated heterocycles. The third-order valence-corrected chi connectivity index (χ3v) is 6.09. The summed E-state index contributed by atoms with van der Waals surface area (Å²) in [6, 6.07) is 0.106. The molecule has 156 valence electrons. The van der Waals surface area contributed by atoms with Crippen molar-refractivity contribution in [1.82, 2.24) is 29.4 Å². The van der Waals surface area contributed by atoms with Crippen LogP contribution in [0.5, 0.6) is 0 Å². The van der Waals surface area contributed by atoms with E-state index in [1.807, 2.05) is 23.8 Å². The summed E-state index contributed by atoms with van der Waals surface area (Å²) in [4.78, 5) is 33.7. The Morgan fingerprint density at radius 3 is 2.50 bits per heavy atom. The highest BCUT2D eigenvalue weighted by Crippen LogP contribution is 2.21. The first-order chi connectivity index (χ1) is 13.4. The molecule has 1 unspecified atom stereocenters. The van der Waals surface area contributed by atoms with Crippen molar-refractivity contribution in [2.75, 3.05) is 53.4 Å². The molecule has 0 radical (unpaired) electrons. The van der Waals surface area contributed by atoms with Gasteiger partial charge in [0, 0.05) is 53.0 Å². The van der Waals surface area contributed by atoms with Gasteiger partial charge in [-0.25, -0.2) is 4.79 Å². The third-order valence-electron chi connectivity index (χ3n) is 6.09. The first-order valence-electron chi connectivity index (χ1n) is 10.4. The van der Waals surface area contributed by atoms with Crippen LogP contribution >= 0.6 is 0 Å². The first kappa shape index (κ1) is 20.6. The Hall–Kier alpha value is -2.09. The summed E-state index contributed by atoms with van der Waals surface area (Å²) >= 11 is 0. The van der Waals surface area contributed by atoms with Crippen LogP contribution in [0.3, 0.4) is 0 Å². The summed E-state index contributed by atoms with van der Waals surface area (Å²) in [6.45, 7) is 7.06. The van der Waals surface area contributed by atoms with Crippen molar-refractivity contribution in [2.45, 2.75) is 38.6 Å². The van der Waals surface area contributed by atoms with Crippen LogP contribution in [0.2, 0.25) is 0 Å². The first-order valence-corrected chi connectivity index (χ1v) is 10.4. The molecule has 0 bridgehead atoms. The molecule has 3 heterocycles. The van der Waals surface area contributed by atoms with E-state index in [1.54, 1.807) is 29.9 Å². The summed E-state index contributed by atoms with van der Waals surface area (Å²) in [5.41, 5.74) is 1.53. The normalized spacial score (nSPS) is 20.4. The van der Waals surface area contributed by atoms with Gasteiger partial charge in [-0.3, -0.25) is 9.48 Å². The molecule has 1 atom stereocenters. The van der Waals surface area contributed by atoms with Crippen molar-refractivity contribution in [2.24, 2.45) is 7.05 Å². The van der Waals surface area contributed by atoms with Gasteiger partial charge in [0.25, 0.3) is 5.91 Å². The number of piperidine rings is 1. The summed E-state index contributed by atoms with van der Waals surface area (Å²) in [7, 11) is 5.44. The fourth-order valence-corrected chi connectivity index (χ4v) is 4.18. The smallest absolute Gasteiger partial charge is 0.319 e. The maximum atomic E-state index is 12.9. The number of carbonyl (C=O) groups excluding carboxylic acids is 2. The van der Waals surface area contributed by atoms with Crippen LogP contribution in [0.4, 0.5) is 4.79 Å². The number of likely N-dealkylation sites (tertiary alicyclic amines) is 2. The highest BCUT2D eigenvalue weighted by Gasteiger charge is 2.34. The standard InChI is InChI=1S/C20H34N6O2/c1-16-18(14-21-23(16)4)19(27)25-11-8-17(15-25)26(20(28)22(2)3)13-12-24-9-6-5-7-10-24/h14,17H,5-13,15H2,1-4H3. The molecule has 8 nitrogen and oxygen atoms in total. The predicted octanol–water partition coefficient (Wildman–Crippen LogP) is 1.41. The molecule has 8 heteroatoms. The van der Waals surface area contributed by atoms with Crippen LogP contribution in [0, 0.1) is 6.92 Å². The van der Waals surface area contributed by atoms with E-state index in [1.165, 1.54) is 19.3 Å². The second kappa shape index (κ2) is 8.94. The number of rotatable bonds is 5. The maximum Gasteiger partial charge on any atom is 0.319 e. The van der Waals surface area contributed by atoms with Crippen molar-refractivity contribution in [3.05, 3.63) is 17.5 Å².